The van der Waals surface area contributed by atoms with Crippen molar-refractivity contribution in [2.24, 2.45) is 0 Å². The van der Waals surface area contributed by atoms with E-state index in [9.17, 15) is 4.79 Å². The van der Waals surface area contributed by atoms with Gasteiger partial charge in [-0.2, -0.15) is 0 Å². The molecule has 13 heavy (non-hydrogen) atoms. The van der Waals surface area contributed by atoms with Gasteiger partial charge in [-0.3, -0.25) is 4.79 Å². The van der Waals surface area contributed by atoms with Crippen LogP contribution >= 0.6 is 0 Å². The quantitative estimate of drug-likeness (QED) is 0.511. The minimum Gasteiger partial charge on any atom is -0.434 e. The Bertz CT molecular complexity index is 312. The molecule has 0 aliphatic rings. The molecule has 0 fully saturated rings. The highest BCUT2D eigenvalue weighted by Crippen LogP contribution is 2.12. The zero-order valence-electron chi connectivity index (χ0n) is 7.78. The number of hydrogen-bond donors (Lipinski definition) is 0. The fourth-order valence-corrected chi connectivity index (χ4v) is 0.940. The van der Waals surface area contributed by atoms with Gasteiger partial charge in [0.05, 0.1) is 6.26 Å². The van der Waals surface area contributed by atoms with Crippen molar-refractivity contribution in [3.8, 4) is 0 Å². The molecule has 0 saturated carbocycles. The number of rotatable bonds is 2. The maximum Gasteiger partial charge on any atom is 0.307 e. The first kappa shape index (κ1) is 9.52. The Balaban J connectivity index is 2.73. The summed E-state index contributed by atoms with van der Waals surface area (Å²) in [5, 5.41) is 0. The smallest absolute Gasteiger partial charge is 0.307 e. The number of allylic oxidation sites excluding steroid dienone is 1. The largest absolute Gasteiger partial charge is 0.434 e. The molecule has 0 N–H and O–H groups in total. The van der Waals surface area contributed by atoms with Gasteiger partial charge in [0.25, 0.3) is 0 Å². The number of ether oxygens (including phenoxy) is 1. The summed E-state index contributed by atoms with van der Waals surface area (Å²) in [7, 11) is 0. The molecule has 0 heterocycles. The third-order valence-corrected chi connectivity index (χ3v) is 1.63. The van der Waals surface area contributed by atoms with Gasteiger partial charge in [0.15, 0.2) is 0 Å². The van der Waals surface area contributed by atoms with Gasteiger partial charge in [0, 0.05) is 6.92 Å². The summed E-state index contributed by atoms with van der Waals surface area (Å²) in [5.74, 6) is -0.296. The van der Waals surface area contributed by atoms with E-state index in [1.165, 1.54) is 13.2 Å². The Morgan fingerprint density at radius 1 is 1.23 bits per heavy atom. The minimum absolute atomic E-state index is 0.296. The second kappa shape index (κ2) is 4.45. The lowest BCUT2D eigenvalue weighted by Gasteiger charge is -2.00. The van der Waals surface area contributed by atoms with E-state index in [-0.39, 0.29) is 5.97 Å². The highest BCUT2D eigenvalue weighted by molar-refractivity contribution is 5.69. The van der Waals surface area contributed by atoms with Crippen molar-refractivity contribution < 1.29 is 9.53 Å². The summed E-state index contributed by atoms with van der Waals surface area (Å²) in [4.78, 5) is 10.5. The lowest BCUT2D eigenvalue weighted by molar-refractivity contribution is -0.135. The van der Waals surface area contributed by atoms with Gasteiger partial charge in [-0.25, -0.2) is 0 Å². The Labute approximate surface area is 77.8 Å². The Morgan fingerprint density at radius 3 is 2.38 bits per heavy atom. The number of hydrogen-bond acceptors (Lipinski definition) is 2. The molecule has 0 spiro atoms. The first-order chi connectivity index (χ1) is 6.20. The van der Waals surface area contributed by atoms with Crippen molar-refractivity contribution in [1.29, 1.82) is 0 Å². The van der Waals surface area contributed by atoms with Gasteiger partial charge in [-0.15, -0.1) is 0 Å². The highest BCUT2D eigenvalue weighted by Gasteiger charge is 1.94. The monoisotopic (exact) mass is 176 g/mol. The van der Waals surface area contributed by atoms with Crippen LogP contribution in [0.4, 0.5) is 0 Å². The van der Waals surface area contributed by atoms with Crippen LogP contribution in [0.5, 0.6) is 0 Å². The molecule has 0 aliphatic carbocycles. The van der Waals surface area contributed by atoms with Gasteiger partial charge in [0.2, 0.25) is 0 Å². The number of esters is 1. The normalized spacial score (nSPS) is 11.1. The first-order valence-electron chi connectivity index (χ1n) is 4.09. The zero-order valence-corrected chi connectivity index (χ0v) is 7.78. The number of carbonyl (C=O) groups excluding carboxylic acids is 1. The van der Waals surface area contributed by atoms with Crippen LogP contribution < -0.4 is 0 Å². The molecule has 0 amide bonds. The maximum atomic E-state index is 10.5. The molecular weight excluding hydrogens is 164 g/mol. The van der Waals surface area contributed by atoms with Crippen LogP contribution in [0.2, 0.25) is 0 Å². The van der Waals surface area contributed by atoms with Crippen molar-refractivity contribution in [2.45, 2.75) is 13.8 Å². The number of carbonyl (C=O) groups is 1. The summed E-state index contributed by atoms with van der Waals surface area (Å²) in [6.07, 6.45) is 1.47. The van der Waals surface area contributed by atoms with Gasteiger partial charge in [-0.05, 0) is 18.1 Å². The van der Waals surface area contributed by atoms with E-state index >= 15 is 0 Å². The summed E-state index contributed by atoms with van der Waals surface area (Å²) >= 11 is 0. The average molecular weight is 176 g/mol. The summed E-state index contributed by atoms with van der Waals surface area (Å²) in [6.45, 7) is 3.28. The molecule has 0 aliphatic heterocycles. The Morgan fingerprint density at radius 2 is 1.85 bits per heavy atom. The third kappa shape index (κ3) is 3.11. The molecule has 0 radical (unpaired) electrons. The molecule has 0 unspecified atom stereocenters. The molecule has 0 saturated heterocycles. The molecule has 0 bridgehead atoms. The molecule has 68 valence electrons. The van der Waals surface area contributed by atoms with Crippen LogP contribution in [0.25, 0.3) is 5.57 Å². The van der Waals surface area contributed by atoms with Crippen LogP contribution in [0.3, 0.4) is 0 Å². The van der Waals surface area contributed by atoms with Crippen LogP contribution in [0.15, 0.2) is 36.6 Å². The SMILES string of the molecule is CC(=O)O/C=C(\C)c1ccccc1. The Kier molecular flexibility index (Phi) is 3.26. The fraction of sp³-hybridized carbons (Fsp3) is 0.182. The average Bonchev–Trinajstić information content (AvgIpc) is 2.15. The third-order valence-electron chi connectivity index (χ3n) is 1.63. The molecule has 2 nitrogen and oxygen atoms in total. The van der Waals surface area contributed by atoms with Crippen LogP contribution in [0, 0.1) is 0 Å². The van der Waals surface area contributed by atoms with E-state index < -0.39 is 0 Å². The lowest BCUT2D eigenvalue weighted by Crippen LogP contribution is -1.91. The number of benzene rings is 1. The predicted molar refractivity (Wildman–Crippen MR) is 51.9 cm³/mol. The van der Waals surface area contributed by atoms with Crippen molar-refractivity contribution in [1.82, 2.24) is 0 Å². The first-order valence-corrected chi connectivity index (χ1v) is 4.09. The lowest BCUT2D eigenvalue weighted by atomic mass is 10.1. The van der Waals surface area contributed by atoms with Crippen molar-refractivity contribution in [2.75, 3.05) is 0 Å². The zero-order chi connectivity index (χ0) is 9.68. The van der Waals surface area contributed by atoms with Crippen molar-refractivity contribution in [3.05, 3.63) is 42.2 Å². The molecule has 1 rings (SSSR count). The molecule has 2 heteroatoms. The summed E-state index contributed by atoms with van der Waals surface area (Å²) < 4.78 is 4.76. The van der Waals surface area contributed by atoms with Gasteiger partial charge >= 0.3 is 5.97 Å². The molecule has 0 atom stereocenters. The summed E-state index contributed by atoms with van der Waals surface area (Å²) in [6, 6.07) is 9.77. The molecule has 1 aromatic carbocycles. The van der Waals surface area contributed by atoms with Crippen molar-refractivity contribution in [3.63, 3.8) is 0 Å². The standard InChI is InChI=1S/C11H12O2/c1-9(8-13-10(2)12)11-6-4-3-5-7-11/h3-8H,1-2H3/b9-8+. The topological polar surface area (TPSA) is 26.3 Å². The van der Waals surface area contributed by atoms with E-state index in [4.69, 9.17) is 4.74 Å². The molecule has 0 aromatic heterocycles. The maximum absolute atomic E-state index is 10.5. The van der Waals surface area contributed by atoms with E-state index in [0.717, 1.165) is 11.1 Å². The van der Waals surface area contributed by atoms with E-state index in [2.05, 4.69) is 0 Å². The van der Waals surface area contributed by atoms with Crippen LogP contribution in [-0.4, -0.2) is 5.97 Å². The van der Waals surface area contributed by atoms with E-state index in [1.807, 2.05) is 37.3 Å². The van der Waals surface area contributed by atoms with Gasteiger partial charge in [0.1, 0.15) is 0 Å². The van der Waals surface area contributed by atoms with Crippen LogP contribution in [-0.2, 0) is 9.53 Å². The highest BCUT2D eigenvalue weighted by atomic mass is 16.5. The van der Waals surface area contributed by atoms with E-state index in [0.29, 0.717) is 0 Å². The van der Waals surface area contributed by atoms with Crippen molar-refractivity contribution >= 4 is 11.5 Å². The molecule has 1 aromatic rings. The fourth-order valence-electron chi connectivity index (χ4n) is 0.940. The second-order valence-electron chi connectivity index (χ2n) is 2.78. The minimum atomic E-state index is -0.296. The van der Waals surface area contributed by atoms with Gasteiger partial charge in [-0.1, -0.05) is 30.3 Å². The summed E-state index contributed by atoms with van der Waals surface area (Å²) in [5.41, 5.74) is 2.00. The predicted octanol–water partition coefficient (Wildman–Crippen LogP) is 2.61. The molecular formula is C11H12O2. The van der Waals surface area contributed by atoms with Gasteiger partial charge < -0.3 is 4.74 Å². The van der Waals surface area contributed by atoms with E-state index in [1.54, 1.807) is 0 Å². The van der Waals surface area contributed by atoms with Crippen LogP contribution in [0.1, 0.15) is 19.4 Å². The second-order valence-corrected chi connectivity index (χ2v) is 2.78. The Hall–Kier alpha value is -1.57.